The highest BCUT2D eigenvalue weighted by Crippen LogP contribution is 2.58. The van der Waals surface area contributed by atoms with Gasteiger partial charge in [-0.15, -0.1) is 0 Å². The number of nitrogens with two attached hydrogens (primary N) is 1. The Morgan fingerprint density at radius 2 is 1.77 bits per heavy atom. The standard InChI is InChI=1S/C22H17NO3/c1-12-10-13(2)20-16(11-12)22(19-17(23)8-5-9-18(19)25-20)15-7-4-3-6-14(15)21(24)26-22/h3-11H,23H2,1-2H3. The Hall–Kier alpha value is -3.27. The average Bonchev–Trinajstić information content (AvgIpc) is 2.90. The number of benzene rings is 3. The molecule has 0 fully saturated rings. The normalized spacial score (nSPS) is 19.4. The van der Waals surface area contributed by atoms with Crippen LogP contribution >= 0.6 is 0 Å². The summed E-state index contributed by atoms with van der Waals surface area (Å²) in [5.41, 5.74) is 10.8. The van der Waals surface area contributed by atoms with E-state index in [1.807, 2.05) is 56.3 Å². The zero-order chi connectivity index (χ0) is 18.1. The second-order valence-electron chi connectivity index (χ2n) is 6.90. The molecule has 1 atom stereocenters. The van der Waals surface area contributed by atoms with Gasteiger partial charge < -0.3 is 15.2 Å². The summed E-state index contributed by atoms with van der Waals surface area (Å²) in [6.45, 7) is 4.02. The van der Waals surface area contributed by atoms with Crippen LogP contribution in [-0.4, -0.2) is 5.97 Å². The van der Waals surface area contributed by atoms with Gasteiger partial charge in [0, 0.05) is 16.8 Å². The number of fused-ring (bicyclic) bond motifs is 6. The number of hydrogen-bond donors (Lipinski definition) is 1. The van der Waals surface area contributed by atoms with Crippen LogP contribution in [0.3, 0.4) is 0 Å². The van der Waals surface area contributed by atoms with E-state index in [4.69, 9.17) is 15.2 Å². The van der Waals surface area contributed by atoms with Crippen LogP contribution in [0.5, 0.6) is 11.5 Å². The summed E-state index contributed by atoms with van der Waals surface area (Å²) in [5, 5.41) is 0. The van der Waals surface area contributed by atoms with Gasteiger partial charge in [-0.1, -0.05) is 35.9 Å². The van der Waals surface area contributed by atoms with E-state index in [0.29, 0.717) is 22.6 Å². The fraction of sp³-hybridized carbons (Fsp3) is 0.136. The molecule has 0 saturated heterocycles. The molecule has 2 heterocycles. The summed E-state index contributed by atoms with van der Waals surface area (Å²) < 4.78 is 12.3. The lowest BCUT2D eigenvalue weighted by Crippen LogP contribution is -2.34. The van der Waals surface area contributed by atoms with Gasteiger partial charge in [-0.05, 0) is 43.7 Å². The first kappa shape index (κ1) is 15.0. The van der Waals surface area contributed by atoms with Gasteiger partial charge in [0.15, 0.2) is 5.60 Å². The molecular weight excluding hydrogens is 326 g/mol. The van der Waals surface area contributed by atoms with E-state index in [-0.39, 0.29) is 5.97 Å². The Labute approximate surface area is 151 Å². The van der Waals surface area contributed by atoms with E-state index in [1.165, 1.54) is 0 Å². The minimum Gasteiger partial charge on any atom is -0.456 e. The van der Waals surface area contributed by atoms with Crippen molar-refractivity contribution in [2.75, 3.05) is 5.73 Å². The molecule has 2 N–H and O–H groups in total. The summed E-state index contributed by atoms with van der Waals surface area (Å²) in [6, 6.07) is 17.1. The molecule has 0 bridgehead atoms. The molecule has 0 radical (unpaired) electrons. The molecule has 4 heteroatoms. The molecular formula is C22H17NO3. The Kier molecular flexibility index (Phi) is 2.82. The summed E-state index contributed by atoms with van der Waals surface area (Å²) in [6.07, 6.45) is 0. The third-order valence-electron chi connectivity index (χ3n) is 5.19. The number of hydrogen-bond acceptors (Lipinski definition) is 4. The molecule has 0 saturated carbocycles. The van der Waals surface area contributed by atoms with Crippen molar-refractivity contribution in [2.45, 2.75) is 19.4 Å². The van der Waals surface area contributed by atoms with E-state index in [2.05, 4.69) is 6.07 Å². The van der Waals surface area contributed by atoms with Crippen LogP contribution in [0.1, 0.15) is 38.2 Å². The zero-order valence-corrected chi connectivity index (χ0v) is 14.5. The lowest BCUT2D eigenvalue weighted by molar-refractivity contribution is 0.0226. The number of carbonyl (C=O) groups is 1. The van der Waals surface area contributed by atoms with Gasteiger partial charge >= 0.3 is 5.97 Å². The summed E-state index contributed by atoms with van der Waals surface area (Å²) in [4.78, 5) is 12.7. The van der Waals surface area contributed by atoms with Gasteiger partial charge in [0.1, 0.15) is 11.5 Å². The summed E-state index contributed by atoms with van der Waals surface area (Å²) >= 11 is 0. The van der Waals surface area contributed by atoms with Crippen LogP contribution in [0.25, 0.3) is 0 Å². The topological polar surface area (TPSA) is 61.5 Å². The lowest BCUT2D eigenvalue weighted by Gasteiger charge is -2.38. The number of aryl methyl sites for hydroxylation is 2. The highest BCUT2D eigenvalue weighted by Gasteiger charge is 2.54. The van der Waals surface area contributed by atoms with Crippen molar-refractivity contribution >= 4 is 11.7 Å². The number of carbonyl (C=O) groups excluding carboxylic acids is 1. The molecule has 1 spiro atoms. The molecule has 2 aliphatic rings. The van der Waals surface area contributed by atoms with Gasteiger partial charge in [0.05, 0.1) is 11.1 Å². The molecule has 3 aromatic rings. The molecule has 1 unspecified atom stereocenters. The maximum atomic E-state index is 12.7. The van der Waals surface area contributed by atoms with E-state index < -0.39 is 5.60 Å². The molecule has 3 aromatic carbocycles. The third kappa shape index (κ3) is 1.71. The van der Waals surface area contributed by atoms with Gasteiger partial charge in [-0.3, -0.25) is 0 Å². The number of ether oxygens (including phenoxy) is 2. The van der Waals surface area contributed by atoms with Crippen LogP contribution in [0, 0.1) is 13.8 Å². The Morgan fingerprint density at radius 3 is 2.62 bits per heavy atom. The second kappa shape index (κ2) is 4.88. The van der Waals surface area contributed by atoms with Crippen LogP contribution < -0.4 is 10.5 Å². The van der Waals surface area contributed by atoms with Crippen LogP contribution in [0.2, 0.25) is 0 Å². The minimum absolute atomic E-state index is 0.346. The van der Waals surface area contributed by atoms with E-state index in [9.17, 15) is 4.79 Å². The molecule has 0 amide bonds. The first-order chi connectivity index (χ1) is 12.5. The van der Waals surface area contributed by atoms with Crippen molar-refractivity contribution in [3.63, 3.8) is 0 Å². The summed E-state index contributed by atoms with van der Waals surface area (Å²) in [5.74, 6) is 0.994. The van der Waals surface area contributed by atoms with Crippen molar-refractivity contribution in [2.24, 2.45) is 0 Å². The second-order valence-corrected chi connectivity index (χ2v) is 6.90. The molecule has 2 aliphatic heterocycles. The molecule has 128 valence electrons. The molecule has 5 rings (SSSR count). The van der Waals surface area contributed by atoms with Crippen LogP contribution in [0.4, 0.5) is 5.69 Å². The predicted molar refractivity (Wildman–Crippen MR) is 98.6 cm³/mol. The van der Waals surface area contributed by atoms with E-state index >= 15 is 0 Å². The van der Waals surface area contributed by atoms with Crippen LogP contribution in [-0.2, 0) is 10.3 Å². The first-order valence-corrected chi connectivity index (χ1v) is 8.54. The Bertz CT molecular complexity index is 1100. The average molecular weight is 343 g/mol. The van der Waals surface area contributed by atoms with E-state index in [1.54, 1.807) is 6.07 Å². The largest absolute Gasteiger partial charge is 0.456 e. The number of rotatable bonds is 0. The van der Waals surface area contributed by atoms with Crippen molar-refractivity contribution in [1.82, 2.24) is 0 Å². The smallest absolute Gasteiger partial charge is 0.340 e. The maximum Gasteiger partial charge on any atom is 0.340 e. The maximum absolute atomic E-state index is 12.7. The summed E-state index contributed by atoms with van der Waals surface area (Å²) in [7, 11) is 0. The molecule has 0 aliphatic carbocycles. The third-order valence-corrected chi connectivity index (χ3v) is 5.19. The van der Waals surface area contributed by atoms with Gasteiger partial charge in [0.25, 0.3) is 0 Å². The first-order valence-electron chi connectivity index (χ1n) is 8.54. The van der Waals surface area contributed by atoms with Gasteiger partial charge in [-0.25, -0.2) is 4.79 Å². The molecule has 0 aromatic heterocycles. The van der Waals surface area contributed by atoms with Crippen LogP contribution in [0.15, 0.2) is 54.6 Å². The highest BCUT2D eigenvalue weighted by molar-refractivity contribution is 5.97. The minimum atomic E-state index is -1.08. The van der Waals surface area contributed by atoms with Crippen molar-refractivity contribution in [3.8, 4) is 11.5 Å². The van der Waals surface area contributed by atoms with Crippen molar-refractivity contribution in [1.29, 1.82) is 0 Å². The predicted octanol–water partition coefficient (Wildman–Crippen LogP) is 4.45. The lowest BCUT2D eigenvalue weighted by atomic mass is 9.76. The fourth-order valence-corrected chi connectivity index (χ4v) is 4.21. The van der Waals surface area contributed by atoms with Gasteiger partial charge in [0.2, 0.25) is 0 Å². The monoisotopic (exact) mass is 343 g/mol. The van der Waals surface area contributed by atoms with E-state index in [0.717, 1.165) is 28.0 Å². The SMILES string of the molecule is Cc1cc(C)c2c(c1)C1(OC(=O)c3ccccc31)c1c(N)cccc1O2. The fourth-order valence-electron chi connectivity index (χ4n) is 4.21. The quantitative estimate of drug-likeness (QED) is 0.484. The zero-order valence-electron chi connectivity index (χ0n) is 14.5. The Morgan fingerprint density at radius 1 is 0.962 bits per heavy atom. The number of nitrogen functional groups attached to an aromatic ring is 1. The number of anilines is 1. The number of esters is 1. The molecule has 26 heavy (non-hydrogen) atoms. The van der Waals surface area contributed by atoms with Crippen molar-refractivity contribution < 1.29 is 14.3 Å². The van der Waals surface area contributed by atoms with Crippen molar-refractivity contribution in [3.05, 3.63) is 88.0 Å². The van der Waals surface area contributed by atoms with Gasteiger partial charge in [-0.2, -0.15) is 0 Å². The molecule has 4 nitrogen and oxygen atoms in total. The Balaban J connectivity index is 1.98. The highest BCUT2D eigenvalue weighted by atomic mass is 16.6.